The summed E-state index contributed by atoms with van der Waals surface area (Å²) in [5.74, 6) is 0.412. The molecule has 0 bridgehead atoms. The summed E-state index contributed by atoms with van der Waals surface area (Å²) in [5.41, 5.74) is 4.83. The SMILES string of the molecule is CC(C)(C)N(Cc1ccccc1)C(=O)CSc1nc(-c2ccccc2)c(-c2ccccc2)[nH]1. The van der Waals surface area contributed by atoms with Gasteiger partial charge in [0.15, 0.2) is 5.16 Å². The largest absolute Gasteiger partial charge is 0.333 e. The highest BCUT2D eigenvalue weighted by Crippen LogP contribution is 2.33. The predicted octanol–water partition coefficient (Wildman–Crippen LogP) is 6.66. The third-order valence-electron chi connectivity index (χ3n) is 5.42. The molecule has 4 rings (SSSR count). The van der Waals surface area contributed by atoms with Gasteiger partial charge in [-0.2, -0.15) is 0 Å². The van der Waals surface area contributed by atoms with Crippen LogP contribution in [0.3, 0.4) is 0 Å². The quantitative estimate of drug-likeness (QED) is 0.317. The van der Waals surface area contributed by atoms with E-state index < -0.39 is 0 Å². The maximum absolute atomic E-state index is 13.3. The van der Waals surface area contributed by atoms with Gasteiger partial charge < -0.3 is 9.88 Å². The summed E-state index contributed by atoms with van der Waals surface area (Å²) in [4.78, 5) is 23.5. The minimum atomic E-state index is -0.277. The van der Waals surface area contributed by atoms with E-state index in [-0.39, 0.29) is 11.4 Å². The third-order valence-corrected chi connectivity index (χ3v) is 6.28. The summed E-state index contributed by atoms with van der Waals surface area (Å²) in [6.45, 7) is 6.82. The number of nitrogens with zero attached hydrogens (tertiary/aromatic N) is 2. The molecule has 0 radical (unpaired) electrons. The number of hydrogen-bond acceptors (Lipinski definition) is 3. The van der Waals surface area contributed by atoms with Crippen LogP contribution in [0.5, 0.6) is 0 Å². The van der Waals surface area contributed by atoms with E-state index in [1.165, 1.54) is 11.8 Å². The van der Waals surface area contributed by atoms with Crippen LogP contribution >= 0.6 is 11.8 Å². The van der Waals surface area contributed by atoms with Crippen LogP contribution in [0.4, 0.5) is 0 Å². The highest BCUT2D eigenvalue weighted by Gasteiger charge is 2.27. The lowest BCUT2D eigenvalue weighted by Gasteiger charge is -2.36. The smallest absolute Gasteiger partial charge is 0.233 e. The van der Waals surface area contributed by atoms with Crippen molar-refractivity contribution < 1.29 is 4.79 Å². The number of aromatic nitrogens is 2. The Kier molecular flexibility index (Phi) is 6.99. The molecule has 0 aliphatic heterocycles. The fourth-order valence-electron chi connectivity index (χ4n) is 3.71. The van der Waals surface area contributed by atoms with Gasteiger partial charge in [-0.05, 0) is 26.3 Å². The van der Waals surface area contributed by atoms with Crippen LogP contribution in [0, 0.1) is 0 Å². The molecule has 4 nitrogen and oxygen atoms in total. The van der Waals surface area contributed by atoms with Crippen molar-refractivity contribution in [1.29, 1.82) is 0 Å². The average Bonchev–Trinajstić information content (AvgIpc) is 3.26. The average molecular weight is 456 g/mol. The maximum atomic E-state index is 13.3. The molecule has 0 fully saturated rings. The molecule has 1 amide bonds. The first-order chi connectivity index (χ1) is 15.9. The maximum Gasteiger partial charge on any atom is 0.233 e. The second kappa shape index (κ2) is 10.1. The van der Waals surface area contributed by atoms with E-state index in [1.54, 1.807) is 0 Å². The van der Waals surface area contributed by atoms with Gasteiger partial charge in [-0.3, -0.25) is 4.79 Å². The number of H-pyrrole nitrogens is 1. The zero-order valence-electron chi connectivity index (χ0n) is 19.3. The van der Waals surface area contributed by atoms with Crippen molar-refractivity contribution in [3.05, 3.63) is 96.6 Å². The fourth-order valence-corrected chi connectivity index (χ4v) is 4.46. The lowest BCUT2D eigenvalue weighted by Crippen LogP contribution is -2.45. The molecule has 1 heterocycles. The van der Waals surface area contributed by atoms with Crippen LogP contribution in [-0.2, 0) is 11.3 Å². The molecule has 0 aliphatic rings. The molecule has 0 saturated carbocycles. The number of benzene rings is 3. The molecule has 1 N–H and O–H groups in total. The Balaban J connectivity index is 1.56. The minimum Gasteiger partial charge on any atom is -0.333 e. The van der Waals surface area contributed by atoms with Crippen LogP contribution in [0.2, 0.25) is 0 Å². The monoisotopic (exact) mass is 455 g/mol. The first-order valence-electron chi connectivity index (χ1n) is 11.1. The molecule has 0 spiro atoms. The Labute approximate surface area is 200 Å². The minimum absolute atomic E-state index is 0.0928. The number of carbonyl (C=O) groups is 1. The van der Waals surface area contributed by atoms with Gasteiger partial charge in [0, 0.05) is 23.2 Å². The van der Waals surface area contributed by atoms with E-state index in [9.17, 15) is 4.79 Å². The van der Waals surface area contributed by atoms with E-state index in [1.807, 2.05) is 59.5 Å². The van der Waals surface area contributed by atoms with Gasteiger partial charge in [0.1, 0.15) is 0 Å². The van der Waals surface area contributed by atoms with Crippen LogP contribution in [-0.4, -0.2) is 32.1 Å². The lowest BCUT2D eigenvalue weighted by molar-refractivity contribution is -0.133. The fraction of sp³-hybridized carbons (Fsp3) is 0.214. The molecule has 4 aromatic rings. The lowest BCUT2D eigenvalue weighted by atomic mass is 10.0. The van der Waals surface area contributed by atoms with E-state index in [0.29, 0.717) is 12.3 Å². The molecule has 0 aliphatic carbocycles. The van der Waals surface area contributed by atoms with Gasteiger partial charge in [0.05, 0.1) is 17.1 Å². The zero-order chi connectivity index (χ0) is 23.3. The van der Waals surface area contributed by atoms with Crippen molar-refractivity contribution in [2.24, 2.45) is 0 Å². The van der Waals surface area contributed by atoms with Gasteiger partial charge in [0.25, 0.3) is 0 Å². The van der Waals surface area contributed by atoms with E-state index in [0.717, 1.165) is 33.2 Å². The van der Waals surface area contributed by atoms with Crippen LogP contribution < -0.4 is 0 Å². The van der Waals surface area contributed by atoms with Gasteiger partial charge >= 0.3 is 0 Å². The number of rotatable bonds is 7. The summed E-state index contributed by atoms with van der Waals surface area (Å²) in [5, 5.41) is 0.745. The van der Waals surface area contributed by atoms with Gasteiger partial charge in [0.2, 0.25) is 5.91 Å². The number of imidazole rings is 1. The summed E-state index contributed by atoms with van der Waals surface area (Å²) >= 11 is 1.45. The van der Waals surface area contributed by atoms with E-state index in [2.05, 4.69) is 62.2 Å². The second-order valence-corrected chi connectivity index (χ2v) is 9.89. The van der Waals surface area contributed by atoms with Crippen LogP contribution in [0.15, 0.2) is 96.2 Å². The van der Waals surface area contributed by atoms with E-state index in [4.69, 9.17) is 4.98 Å². The molecule has 3 aromatic carbocycles. The first kappa shape index (κ1) is 22.9. The Bertz CT molecular complexity index is 1130. The highest BCUT2D eigenvalue weighted by atomic mass is 32.2. The second-order valence-electron chi connectivity index (χ2n) is 8.92. The molecular formula is C28H29N3OS. The van der Waals surface area contributed by atoms with E-state index >= 15 is 0 Å². The zero-order valence-corrected chi connectivity index (χ0v) is 20.1. The third kappa shape index (κ3) is 5.74. The van der Waals surface area contributed by atoms with Gasteiger partial charge in [-0.15, -0.1) is 0 Å². The van der Waals surface area contributed by atoms with Crippen molar-refractivity contribution in [2.45, 2.75) is 38.0 Å². The van der Waals surface area contributed by atoms with Crippen molar-refractivity contribution >= 4 is 17.7 Å². The normalized spacial score (nSPS) is 11.4. The van der Waals surface area contributed by atoms with Gasteiger partial charge in [-0.1, -0.05) is 103 Å². The highest BCUT2D eigenvalue weighted by molar-refractivity contribution is 7.99. The summed E-state index contributed by atoms with van der Waals surface area (Å²) < 4.78 is 0. The molecule has 5 heteroatoms. The van der Waals surface area contributed by atoms with Crippen molar-refractivity contribution in [3.63, 3.8) is 0 Å². The Morgan fingerprint density at radius 1 is 0.848 bits per heavy atom. The Morgan fingerprint density at radius 2 is 1.39 bits per heavy atom. The molecule has 0 unspecified atom stereocenters. The molecule has 168 valence electrons. The predicted molar refractivity (Wildman–Crippen MR) is 137 cm³/mol. The van der Waals surface area contributed by atoms with Crippen molar-refractivity contribution in [1.82, 2.24) is 14.9 Å². The van der Waals surface area contributed by atoms with Crippen LogP contribution in [0.1, 0.15) is 26.3 Å². The number of amides is 1. The molecule has 0 atom stereocenters. The molecule has 1 aromatic heterocycles. The number of nitrogens with one attached hydrogen (secondary N) is 1. The Morgan fingerprint density at radius 3 is 1.97 bits per heavy atom. The number of hydrogen-bond donors (Lipinski definition) is 1. The standard InChI is InChI=1S/C28H29N3OS/c1-28(2,3)31(19-21-13-7-4-8-14-21)24(32)20-33-27-29-25(22-15-9-5-10-16-22)26(30-27)23-17-11-6-12-18-23/h4-18H,19-20H2,1-3H3,(H,29,30). The van der Waals surface area contributed by atoms with Crippen molar-refractivity contribution in [2.75, 3.05) is 5.75 Å². The molecule has 0 saturated heterocycles. The Hall–Kier alpha value is -3.31. The van der Waals surface area contributed by atoms with Crippen molar-refractivity contribution in [3.8, 4) is 22.5 Å². The van der Waals surface area contributed by atoms with Crippen LogP contribution in [0.25, 0.3) is 22.5 Å². The number of aromatic amines is 1. The molecular weight excluding hydrogens is 426 g/mol. The molecule has 33 heavy (non-hydrogen) atoms. The summed E-state index contributed by atoms with van der Waals surface area (Å²) in [6, 6.07) is 30.5. The van der Waals surface area contributed by atoms with Gasteiger partial charge in [-0.25, -0.2) is 4.98 Å². The summed E-state index contributed by atoms with van der Waals surface area (Å²) in [7, 11) is 0. The number of thioether (sulfide) groups is 1. The first-order valence-corrected chi connectivity index (χ1v) is 12.1. The summed E-state index contributed by atoms with van der Waals surface area (Å²) in [6.07, 6.45) is 0. The topological polar surface area (TPSA) is 49.0 Å². The number of carbonyl (C=O) groups excluding carboxylic acids is 1.